The number of nitrogens with zero attached hydrogens (tertiary/aromatic N) is 1. The molecule has 3 aliphatic rings. The summed E-state index contributed by atoms with van der Waals surface area (Å²) in [5, 5.41) is 0. The summed E-state index contributed by atoms with van der Waals surface area (Å²) in [6.45, 7) is 7.52. The molecular weight excluding hydrogens is 122 g/mol. The van der Waals surface area contributed by atoms with Gasteiger partial charge in [-0.3, -0.25) is 0 Å². The van der Waals surface area contributed by atoms with Crippen LogP contribution in [0.2, 0.25) is 0 Å². The Morgan fingerprint density at radius 2 is 2.10 bits per heavy atom. The molecule has 0 aromatic heterocycles. The van der Waals surface area contributed by atoms with Gasteiger partial charge in [0.25, 0.3) is 0 Å². The maximum atomic E-state index is 2.64. The van der Waals surface area contributed by atoms with Crippen LogP contribution in [0.15, 0.2) is 0 Å². The first-order chi connectivity index (χ1) is 4.77. The Bertz CT molecular complexity index is 117. The molecule has 3 saturated heterocycles. The minimum Gasteiger partial charge on any atom is -0.300 e. The van der Waals surface area contributed by atoms with Crippen molar-refractivity contribution in [2.24, 2.45) is 11.8 Å². The lowest BCUT2D eigenvalue weighted by Crippen LogP contribution is -2.51. The molecule has 0 radical (unpaired) electrons. The molecule has 1 heteroatoms. The van der Waals surface area contributed by atoms with Crippen LogP contribution in [0.3, 0.4) is 0 Å². The lowest BCUT2D eigenvalue weighted by Gasteiger charge is -2.47. The molecule has 0 spiro atoms. The molecule has 3 heterocycles. The summed E-state index contributed by atoms with van der Waals surface area (Å²) in [6, 6.07) is 0.884. The second-order valence-electron chi connectivity index (χ2n) is 4.11. The van der Waals surface area contributed by atoms with Crippen LogP contribution in [0.4, 0.5) is 0 Å². The van der Waals surface area contributed by atoms with E-state index < -0.39 is 0 Å². The van der Waals surface area contributed by atoms with Gasteiger partial charge >= 0.3 is 0 Å². The van der Waals surface area contributed by atoms with E-state index in [0.29, 0.717) is 0 Å². The average Bonchev–Trinajstić information content (AvgIpc) is 1.91. The van der Waals surface area contributed by atoms with Gasteiger partial charge in [-0.1, -0.05) is 6.92 Å². The molecule has 3 aliphatic heterocycles. The van der Waals surface area contributed by atoms with Crippen molar-refractivity contribution in [1.29, 1.82) is 0 Å². The Hall–Kier alpha value is -0.0400. The highest BCUT2D eigenvalue weighted by atomic mass is 15.2. The first-order valence-electron chi connectivity index (χ1n) is 4.51. The van der Waals surface area contributed by atoms with E-state index >= 15 is 0 Å². The van der Waals surface area contributed by atoms with Gasteiger partial charge in [0, 0.05) is 12.6 Å². The zero-order valence-electron chi connectivity index (χ0n) is 7.01. The molecule has 0 N–H and O–H groups in total. The zero-order valence-corrected chi connectivity index (χ0v) is 7.01. The van der Waals surface area contributed by atoms with Gasteiger partial charge in [0.15, 0.2) is 0 Å². The average molecular weight is 139 g/mol. The predicted molar refractivity (Wildman–Crippen MR) is 42.9 cm³/mol. The molecule has 10 heavy (non-hydrogen) atoms. The normalized spacial score (nSPS) is 53.4. The van der Waals surface area contributed by atoms with Crippen molar-refractivity contribution >= 4 is 0 Å². The topological polar surface area (TPSA) is 3.24 Å². The molecule has 2 bridgehead atoms. The van der Waals surface area contributed by atoms with E-state index in [1.54, 1.807) is 0 Å². The number of hydrogen-bond donors (Lipinski definition) is 0. The van der Waals surface area contributed by atoms with Gasteiger partial charge in [0.2, 0.25) is 0 Å². The summed E-state index contributed by atoms with van der Waals surface area (Å²) in [6.07, 6.45) is 2.92. The molecule has 0 saturated carbocycles. The number of fused-ring (bicyclic) bond motifs is 3. The summed E-state index contributed by atoms with van der Waals surface area (Å²) in [4.78, 5) is 2.64. The third-order valence-electron chi connectivity index (χ3n) is 3.38. The van der Waals surface area contributed by atoms with Gasteiger partial charge in [0.1, 0.15) is 0 Å². The van der Waals surface area contributed by atoms with E-state index in [4.69, 9.17) is 0 Å². The third-order valence-corrected chi connectivity index (χ3v) is 3.38. The molecule has 2 unspecified atom stereocenters. The van der Waals surface area contributed by atoms with Crippen molar-refractivity contribution in [3.63, 3.8) is 0 Å². The maximum Gasteiger partial charge on any atom is 0.00698 e. The summed E-state index contributed by atoms with van der Waals surface area (Å²) in [5.74, 6) is 2.03. The predicted octanol–water partition coefficient (Wildman–Crippen LogP) is 1.74. The SMILES string of the molecule is C[C@@H]1CN2CCC1C[C@@H]2C. The summed E-state index contributed by atoms with van der Waals surface area (Å²) in [7, 11) is 0. The molecule has 0 amide bonds. The molecule has 0 aliphatic carbocycles. The van der Waals surface area contributed by atoms with Gasteiger partial charge in [-0.05, 0) is 38.1 Å². The Balaban J connectivity index is 2.09. The summed E-state index contributed by atoms with van der Waals surface area (Å²) in [5.41, 5.74) is 0. The van der Waals surface area contributed by atoms with Crippen molar-refractivity contribution < 1.29 is 0 Å². The van der Waals surface area contributed by atoms with Crippen LogP contribution >= 0.6 is 0 Å². The van der Waals surface area contributed by atoms with Crippen LogP contribution in [0.1, 0.15) is 26.7 Å². The Morgan fingerprint density at radius 3 is 2.40 bits per heavy atom. The molecule has 3 fully saturated rings. The van der Waals surface area contributed by atoms with E-state index in [2.05, 4.69) is 18.7 Å². The van der Waals surface area contributed by atoms with Crippen molar-refractivity contribution in [2.45, 2.75) is 32.7 Å². The lowest BCUT2D eigenvalue weighted by molar-refractivity contribution is 0.0166. The van der Waals surface area contributed by atoms with E-state index in [0.717, 1.165) is 17.9 Å². The van der Waals surface area contributed by atoms with Crippen molar-refractivity contribution in [2.75, 3.05) is 13.1 Å². The Morgan fingerprint density at radius 1 is 1.30 bits per heavy atom. The van der Waals surface area contributed by atoms with Crippen LogP contribution in [0, 0.1) is 11.8 Å². The number of hydrogen-bond acceptors (Lipinski definition) is 1. The second kappa shape index (κ2) is 2.23. The van der Waals surface area contributed by atoms with E-state index in [-0.39, 0.29) is 0 Å². The van der Waals surface area contributed by atoms with Gasteiger partial charge in [-0.25, -0.2) is 0 Å². The fraction of sp³-hybridized carbons (Fsp3) is 1.00. The van der Waals surface area contributed by atoms with Gasteiger partial charge < -0.3 is 4.90 Å². The minimum atomic E-state index is 0.884. The largest absolute Gasteiger partial charge is 0.300 e. The van der Waals surface area contributed by atoms with Crippen molar-refractivity contribution in [3.05, 3.63) is 0 Å². The van der Waals surface area contributed by atoms with E-state index in [1.807, 2.05) is 0 Å². The highest BCUT2D eigenvalue weighted by Crippen LogP contribution is 2.35. The molecule has 58 valence electrons. The fourth-order valence-corrected chi connectivity index (χ4v) is 2.56. The quantitative estimate of drug-likeness (QED) is 0.494. The van der Waals surface area contributed by atoms with Crippen LogP contribution in [0.5, 0.6) is 0 Å². The highest BCUT2D eigenvalue weighted by molar-refractivity contribution is 4.88. The molecule has 1 nitrogen and oxygen atoms in total. The smallest absolute Gasteiger partial charge is 0.00698 e. The van der Waals surface area contributed by atoms with Gasteiger partial charge in [-0.15, -0.1) is 0 Å². The fourth-order valence-electron chi connectivity index (χ4n) is 2.56. The van der Waals surface area contributed by atoms with Gasteiger partial charge in [-0.2, -0.15) is 0 Å². The monoisotopic (exact) mass is 139 g/mol. The molecule has 3 rings (SSSR count). The molecule has 0 aromatic rings. The summed E-state index contributed by atoms with van der Waals surface area (Å²) < 4.78 is 0. The van der Waals surface area contributed by atoms with Crippen LogP contribution < -0.4 is 0 Å². The third kappa shape index (κ3) is 0.878. The second-order valence-corrected chi connectivity index (χ2v) is 4.11. The number of piperidine rings is 3. The zero-order chi connectivity index (χ0) is 7.14. The first-order valence-corrected chi connectivity index (χ1v) is 4.51. The maximum absolute atomic E-state index is 2.64. The number of rotatable bonds is 0. The molecule has 4 atom stereocenters. The van der Waals surface area contributed by atoms with E-state index in [1.165, 1.54) is 25.9 Å². The highest BCUT2D eigenvalue weighted by Gasteiger charge is 2.35. The standard InChI is InChI=1S/C9H17N/c1-7-6-10-4-3-9(7)5-8(10)2/h7-9H,3-6H2,1-2H3/t7-,8+,9?/m1/s1. The van der Waals surface area contributed by atoms with Crippen LogP contribution in [0.25, 0.3) is 0 Å². The van der Waals surface area contributed by atoms with Gasteiger partial charge in [0.05, 0.1) is 0 Å². The first kappa shape index (κ1) is 6.66. The minimum absolute atomic E-state index is 0.884. The van der Waals surface area contributed by atoms with Crippen molar-refractivity contribution in [1.82, 2.24) is 4.90 Å². The van der Waals surface area contributed by atoms with Crippen LogP contribution in [-0.4, -0.2) is 24.0 Å². The summed E-state index contributed by atoms with van der Waals surface area (Å²) >= 11 is 0. The van der Waals surface area contributed by atoms with Crippen molar-refractivity contribution in [3.8, 4) is 0 Å². The lowest BCUT2D eigenvalue weighted by atomic mass is 9.77. The Labute approximate surface area is 63.4 Å². The van der Waals surface area contributed by atoms with Crippen LogP contribution in [-0.2, 0) is 0 Å². The molecule has 0 aromatic carbocycles. The van der Waals surface area contributed by atoms with E-state index in [9.17, 15) is 0 Å². The Kier molecular flexibility index (Phi) is 1.48. The molecular formula is C9H17N.